The van der Waals surface area contributed by atoms with Gasteiger partial charge in [-0.2, -0.15) is 0 Å². The Labute approximate surface area is 162 Å². The second kappa shape index (κ2) is 8.51. The van der Waals surface area contributed by atoms with Gasteiger partial charge in [0.15, 0.2) is 18.1 Å². The molecule has 0 saturated carbocycles. The van der Waals surface area contributed by atoms with Gasteiger partial charge >= 0.3 is 5.97 Å². The van der Waals surface area contributed by atoms with Crippen LogP contribution in [0.15, 0.2) is 36.4 Å². The van der Waals surface area contributed by atoms with Crippen LogP contribution in [-0.4, -0.2) is 39.5 Å². The molecule has 0 spiro atoms. The Balaban J connectivity index is 1.56. The van der Waals surface area contributed by atoms with Crippen LogP contribution in [0.1, 0.15) is 28.9 Å². The van der Waals surface area contributed by atoms with E-state index in [0.717, 1.165) is 5.56 Å². The van der Waals surface area contributed by atoms with E-state index in [-0.39, 0.29) is 18.4 Å². The smallest absolute Gasteiger partial charge is 0.338 e. The van der Waals surface area contributed by atoms with Gasteiger partial charge in [-0.1, -0.05) is 6.07 Å². The van der Waals surface area contributed by atoms with E-state index in [1.165, 1.54) is 26.4 Å². The highest BCUT2D eigenvalue weighted by Gasteiger charge is 2.18. The molecule has 0 radical (unpaired) electrons. The molecule has 1 heterocycles. The van der Waals surface area contributed by atoms with Crippen LogP contribution in [-0.2, 0) is 9.53 Å². The first kappa shape index (κ1) is 19.3. The van der Waals surface area contributed by atoms with Crippen molar-refractivity contribution < 1.29 is 33.3 Å². The van der Waals surface area contributed by atoms with E-state index < -0.39 is 18.5 Å². The van der Waals surface area contributed by atoms with Crippen molar-refractivity contribution in [2.75, 3.05) is 27.6 Å². The Bertz CT molecular complexity index is 859. The largest absolute Gasteiger partial charge is 0.497 e. The van der Waals surface area contributed by atoms with Crippen molar-refractivity contribution >= 4 is 11.9 Å². The molecule has 1 amide bonds. The number of ether oxygens (including phenoxy) is 5. The number of rotatable bonds is 7. The fourth-order valence-electron chi connectivity index (χ4n) is 2.69. The standard InChI is InChI=1S/C20H21NO7/c1-12(13-4-5-17-18(8-13)28-11-27-17)21-19(22)10-26-20(23)14-6-15(24-2)9-16(7-14)25-3/h4-9,12H,10-11H2,1-3H3,(H,21,22)/t12-/m0/s1. The van der Waals surface area contributed by atoms with Crippen molar-refractivity contribution in [2.24, 2.45) is 0 Å². The van der Waals surface area contributed by atoms with Gasteiger partial charge in [-0.15, -0.1) is 0 Å². The summed E-state index contributed by atoms with van der Waals surface area (Å²) < 4.78 is 25.9. The molecular formula is C20H21NO7. The van der Waals surface area contributed by atoms with Gasteiger partial charge in [0, 0.05) is 6.07 Å². The van der Waals surface area contributed by atoms with E-state index in [4.69, 9.17) is 23.7 Å². The van der Waals surface area contributed by atoms with E-state index in [0.29, 0.717) is 23.0 Å². The molecule has 1 atom stereocenters. The fraction of sp³-hybridized carbons (Fsp3) is 0.300. The van der Waals surface area contributed by atoms with Crippen molar-refractivity contribution in [1.82, 2.24) is 5.32 Å². The Morgan fingerprint density at radius 1 is 1.04 bits per heavy atom. The number of fused-ring (bicyclic) bond motifs is 1. The first-order valence-electron chi connectivity index (χ1n) is 8.59. The first-order valence-corrected chi connectivity index (χ1v) is 8.59. The maximum absolute atomic E-state index is 12.2. The Morgan fingerprint density at radius 2 is 1.71 bits per heavy atom. The van der Waals surface area contributed by atoms with Crippen LogP contribution in [0.2, 0.25) is 0 Å². The van der Waals surface area contributed by atoms with Crippen LogP contribution < -0.4 is 24.3 Å². The molecule has 8 nitrogen and oxygen atoms in total. The lowest BCUT2D eigenvalue weighted by molar-refractivity contribution is -0.124. The van der Waals surface area contributed by atoms with Crippen molar-refractivity contribution in [1.29, 1.82) is 0 Å². The normalized spacial score (nSPS) is 12.8. The molecule has 0 aromatic heterocycles. The highest BCUT2D eigenvalue weighted by Crippen LogP contribution is 2.34. The van der Waals surface area contributed by atoms with Gasteiger partial charge in [0.05, 0.1) is 25.8 Å². The predicted molar refractivity (Wildman–Crippen MR) is 99.0 cm³/mol. The van der Waals surface area contributed by atoms with E-state index >= 15 is 0 Å². The molecule has 1 N–H and O–H groups in total. The number of nitrogens with one attached hydrogen (secondary N) is 1. The second-order valence-corrected chi connectivity index (χ2v) is 6.08. The molecule has 0 fully saturated rings. The molecule has 2 aromatic carbocycles. The lowest BCUT2D eigenvalue weighted by atomic mass is 10.1. The summed E-state index contributed by atoms with van der Waals surface area (Å²) >= 11 is 0. The van der Waals surface area contributed by atoms with Crippen LogP contribution in [0.3, 0.4) is 0 Å². The Hall–Kier alpha value is -3.42. The summed E-state index contributed by atoms with van der Waals surface area (Å²) in [7, 11) is 2.96. The molecule has 0 bridgehead atoms. The number of methoxy groups -OCH3 is 2. The lowest BCUT2D eigenvalue weighted by Gasteiger charge is -2.15. The monoisotopic (exact) mass is 387 g/mol. The van der Waals surface area contributed by atoms with Crippen LogP contribution in [0, 0.1) is 0 Å². The van der Waals surface area contributed by atoms with Crippen LogP contribution in [0.25, 0.3) is 0 Å². The van der Waals surface area contributed by atoms with Crippen molar-refractivity contribution in [3.8, 4) is 23.0 Å². The molecule has 8 heteroatoms. The third-order valence-electron chi connectivity index (χ3n) is 4.20. The summed E-state index contributed by atoms with van der Waals surface area (Å²) in [5, 5.41) is 2.78. The zero-order valence-corrected chi connectivity index (χ0v) is 15.8. The van der Waals surface area contributed by atoms with Crippen LogP contribution in [0.5, 0.6) is 23.0 Å². The van der Waals surface area contributed by atoms with Gasteiger partial charge in [-0.25, -0.2) is 4.79 Å². The molecule has 0 aliphatic carbocycles. The number of benzene rings is 2. The van der Waals surface area contributed by atoms with Crippen LogP contribution >= 0.6 is 0 Å². The van der Waals surface area contributed by atoms with Crippen molar-refractivity contribution in [3.05, 3.63) is 47.5 Å². The Morgan fingerprint density at radius 3 is 2.39 bits per heavy atom. The molecular weight excluding hydrogens is 366 g/mol. The minimum Gasteiger partial charge on any atom is -0.497 e. The number of carbonyl (C=O) groups excluding carboxylic acids is 2. The molecule has 1 aliphatic heterocycles. The van der Waals surface area contributed by atoms with E-state index in [1.54, 1.807) is 12.1 Å². The summed E-state index contributed by atoms with van der Waals surface area (Å²) in [6, 6.07) is 9.80. The number of carbonyl (C=O) groups is 2. The number of hydrogen-bond acceptors (Lipinski definition) is 7. The van der Waals surface area contributed by atoms with Gasteiger partial charge < -0.3 is 29.0 Å². The zero-order chi connectivity index (χ0) is 20.1. The molecule has 148 valence electrons. The maximum atomic E-state index is 12.2. The SMILES string of the molecule is COc1cc(OC)cc(C(=O)OCC(=O)N[C@@H](C)c2ccc3c(c2)OCO3)c1. The summed E-state index contributed by atoms with van der Waals surface area (Å²) in [6.45, 7) is 1.60. The molecule has 0 saturated heterocycles. The number of amides is 1. The molecule has 1 aliphatic rings. The predicted octanol–water partition coefficient (Wildman–Crippen LogP) is 2.47. The summed E-state index contributed by atoms with van der Waals surface area (Å²) in [6.07, 6.45) is 0. The first-order chi connectivity index (χ1) is 13.5. The van der Waals surface area contributed by atoms with E-state index in [1.807, 2.05) is 19.1 Å². The van der Waals surface area contributed by atoms with Crippen molar-refractivity contribution in [3.63, 3.8) is 0 Å². The number of hydrogen-bond donors (Lipinski definition) is 1. The quantitative estimate of drug-likeness (QED) is 0.730. The fourth-order valence-corrected chi connectivity index (χ4v) is 2.69. The average molecular weight is 387 g/mol. The van der Waals surface area contributed by atoms with Gasteiger partial charge in [0.1, 0.15) is 11.5 Å². The van der Waals surface area contributed by atoms with Crippen LogP contribution in [0.4, 0.5) is 0 Å². The lowest BCUT2D eigenvalue weighted by Crippen LogP contribution is -2.31. The van der Waals surface area contributed by atoms with Gasteiger partial charge in [-0.3, -0.25) is 4.79 Å². The summed E-state index contributed by atoms with van der Waals surface area (Å²) in [5.41, 5.74) is 1.08. The topological polar surface area (TPSA) is 92.3 Å². The molecule has 28 heavy (non-hydrogen) atoms. The molecule has 0 unspecified atom stereocenters. The highest BCUT2D eigenvalue weighted by molar-refractivity contribution is 5.92. The average Bonchev–Trinajstić information content (AvgIpc) is 3.19. The molecule has 3 rings (SSSR count). The minimum absolute atomic E-state index is 0.185. The zero-order valence-electron chi connectivity index (χ0n) is 15.8. The van der Waals surface area contributed by atoms with Crippen molar-refractivity contribution in [2.45, 2.75) is 13.0 Å². The van der Waals surface area contributed by atoms with E-state index in [9.17, 15) is 9.59 Å². The summed E-state index contributed by atoms with van der Waals surface area (Å²) in [4.78, 5) is 24.4. The number of esters is 1. The van der Waals surface area contributed by atoms with Gasteiger partial charge in [0.25, 0.3) is 5.91 Å². The minimum atomic E-state index is -0.650. The third kappa shape index (κ3) is 4.46. The van der Waals surface area contributed by atoms with E-state index in [2.05, 4.69) is 5.32 Å². The van der Waals surface area contributed by atoms with Gasteiger partial charge in [-0.05, 0) is 36.8 Å². The third-order valence-corrected chi connectivity index (χ3v) is 4.20. The van der Waals surface area contributed by atoms with Gasteiger partial charge in [0.2, 0.25) is 6.79 Å². The Kier molecular flexibility index (Phi) is 5.88. The molecule has 2 aromatic rings. The highest BCUT2D eigenvalue weighted by atomic mass is 16.7. The maximum Gasteiger partial charge on any atom is 0.338 e. The summed E-state index contributed by atoms with van der Waals surface area (Å²) in [5.74, 6) is 1.14. The second-order valence-electron chi connectivity index (χ2n) is 6.08.